The molecule has 0 heterocycles. The number of carbonyl (C=O) groups is 1. The van der Waals surface area contributed by atoms with Gasteiger partial charge in [-0.25, -0.2) is 4.79 Å². The molecule has 25 heavy (non-hydrogen) atoms. The standard InChI is InChI=1S/C20H36O5/c1-3-4-5-6-7-8-9-10-11-12-13-14-15-20(24-17-16-21)25-18-19(22)23-2/h20-21H,3-13,16-18H2,1-2H3. The second kappa shape index (κ2) is 19.2. The maximum absolute atomic E-state index is 11.1. The van der Waals surface area contributed by atoms with E-state index in [1.807, 2.05) is 0 Å². The third kappa shape index (κ3) is 17.5. The number of unbranched alkanes of at least 4 members (excludes halogenated alkanes) is 10. The minimum absolute atomic E-state index is 0.113. The van der Waals surface area contributed by atoms with Gasteiger partial charge in [-0.3, -0.25) is 0 Å². The van der Waals surface area contributed by atoms with E-state index in [2.05, 4.69) is 23.5 Å². The molecule has 1 atom stereocenters. The molecular formula is C20H36O5. The SMILES string of the molecule is CCCCCCCCCCCCC#CC(OCCO)OCC(=O)OC. The smallest absolute Gasteiger partial charge is 0.331 e. The van der Waals surface area contributed by atoms with Crippen LogP contribution in [-0.4, -0.2) is 44.3 Å². The molecule has 0 aromatic carbocycles. The van der Waals surface area contributed by atoms with Crippen LogP contribution in [0.25, 0.3) is 0 Å². The minimum Gasteiger partial charge on any atom is -0.467 e. The Morgan fingerprint density at radius 1 is 0.960 bits per heavy atom. The fourth-order valence-corrected chi connectivity index (χ4v) is 2.35. The molecule has 0 amide bonds. The Morgan fingerprint density at radius 2 is 1.56 bits per heavy atom. The zero-order valence-corrected chi connectivity index (χ0v) is 16.1. The first-order valence-electron chi connectivity index (χ1n) is 9.63. The fraction of sp³-hybridized carbons (Fsp3) is 0.850. The first-order valence-corrected chi connectivity index (χ1v) is 9.63. The van der Waals surface area contributed by atoms with Crippen molar-refractivity contribution >= 4 is 5.97 Å². The van der Waals surface area contributed by atoms with E-state index < -0.39 is 12.3 Å². The summed E-state index contributed by atoms with van der Waals surface area (Å²) in [6.45, 7) is 2.05. The normalized spacial score (nSPS) is 11.6. The van der Waals surface area contributed by atoms with E-state index in [0.29, 0.717) is 0 Å². The van der Waals surface area contributed by atoms with Crippen molar-refractivity contribution in [3.63, 3.8) is 0 Å². The molecule has 0 aromatic rings. The Bertz CT molecular complexity index is 359. The molecule has 0 aliphatic heterocycles. The lowest BCUT2D eigenvalue weighted by Gasteiger charge is -2.11. The predicted octanol–water partition coefficient (Wildman–Crippen LogP) is 3.83. The molecule has 0 spiro atoms. The molecule has 0 bridgehead atoms. The number of aliphatic hydroxyl groups is 1. The molecule has 0 saturated carbocycles. The molecule has 0 rings (SSSR count). The maximum atomic E-state index is 11.1. The van der Waals surface area contributed by atoms with Crippen LogP contribution in [0.2, 0.25) is 0 Å². The van der Waals surface area contributed by atoms with E-state index >= 15 is 0 Å². The van der Waals surface area contributed by atoms with E-state index in [9.17, 15) is 4.79 Å². The van der Waals surface area contributed by atoms with E-state index in [4.69, 9.17) is 14.6 Å². The minimum atomic E-state index is -0.797. The quantitative estimate of drug-likeness (QED) is 0.197. The second-order valence-corrected chi connectivity index (χ2v) is 6.07. The van der Waals surface area contributed by atoms with Crippen molar-refractivity contribution in [2.75, 3.05) is 26.9 Å². The molecule has 0 aliphatic rings. The molecule has 146 valence electrons. The number of hydrogen-bond donors (Lipinski definition) is 1. The summed E-state index contributed by atoms with van der Waals surface area (Å²) in [5.41, 5.74) is 0. The highest BCUT2D eigenvalue weighted by molar-refractivity contribution is 5.70. The van der Waals surface area contributed by atoms with Gasteiger partial charge in [-0.15, -0.1) is 0 Å². The molecule has 5 heteroatoms. The van der Waals surface area contributed by atoms with Crippen molar-refractivity contribution in [1.29, 1.82) is 0 Å². The molecule has 1 N–H and O–H groups in total. The average Bonchev–Trinajstić information content (AvgIpc) is 2.63. The fourth-order valence-electron chi connectivity index (χ4n) is 2.35. The van der Waals surface area contributed by atoms with Crippen molar-refractivity contribution in [3.05, 3.63) is 0 Å². The number of ether oxygens (including phenoxy) is 3. The first kappa shape index (κ1) is 23.9. The van der Waals surface area contributed by atoms with E-state index in [1.54, 1.807) is 0 Å². The Labute approximate surface area is 153 Å². The van der Waals surface area contributed by atoms with Crippen LogP contribution in [0, 0.1) is 11.8 Å². The van der Waals surface area contributed by atoms with Gasteiger partial charge in [-0.1, -0.05) is 70.6 Å². The van der Waals surface area contributed by atoms with Gasteiger partial charge in [-0.2, -0.15) is 0 Å². The summed E-state index contributed by atoms with van der Waals surface area (Å²) in [5.74, 6) is 5.40. The van der Waals surface area contributed by atoms with Crippen LogP contribution in [0.15, 0.2) is 0 Å². The summed E-state index contributed by atoms with van der Waals surface area (Å²) in [7, 11) is 1.30. The van der Waals surface area contributed by atoms with Gasteiger partial charge in [0.25, 0.3) is 0 Å². The van der Waals surface area contributed by atoms with Gasteiger partial charge >= 0.3 is 5.97 Å². The Morgan fingerprint density at radius 3 is 2.12 bits per heavy atom. The molecule has 0 aromatic heterocycles. The highest BCUT2D eigenvalue weighted by atomic mass is 16.7. The van der Waals surface area contributed by atoms with Gasteiger partial charge in [0.05, 0.1) is 20.3 Å². The lowest BCUT2D eigenvalue weighted by molar-refractivity contribution is -0.160. The summed E-state index contributed by atoms with van der Waals surface area (Å²) in [5, 5.41) is 8.79. The molecule has 0 saturated heterocycles. The van der Waals surface area contributed by atoms with Crippen LogP contribution in [0.4, 0.5) is 0 Å². The highest BCUT2D eigenvalue weighted by Gasteiger charge is 2.08. The van der Waals surface area contributed by atoms with Crippen LogP contribution in [0.3, 0.4) is 0 Å². The lowest BCUT2D eigenvalue weighted by Crippen LogP contribution is -2.22. The van der Waals surface area contributed by atoms with Crippen molar-refractivity contribution in [2.24, 2.45) is 0 Å². The summed E-state index contributed by atoms with van der Waals surface area (Å²) in [6, 6.07) is 0. The Hall–Kier alpha value is -1.09. The predicted molar refractivity (Wildman–Crippen MR) is 99.0 cm³/mol. The van der Waals surface area contributed by atoms with E-state index in [-0.39, 0.29) is 19.8 Å². The third-order valence-corrected chi connectivity index (χ3v) is 3.82. The van der Waals surface area contributed by atoms with Crippen molar-refractivity contribution < 1.29 is 24.1 Å². The van der Waals surface area contributed by atoms with Gasteiger partial charge in [0.15, 0.2) is 0 Å². The number of aliphatic hydroxyl groups excluding tert-OH is 1. The summed E-state index contributed by atoms with van der Waals surface area (Å²) in [4.78, 5) is 11.1. The van der Waals surface area contributed by atoms with E-state index in [0.717, 1.165) is 12.8 Å². The number of esters is 1. The van der Waals surface area contributed by atoms with Crippen LogP contribution in [0.5, 0.6) is 0 Å². The summed E-state index contributed by atoms with van der Waals surface area (Å²) in [6.07, 6.45) is 12.9. The summed E-state index contributed by atoms with van der Waals surface area (Å²) < 4.78 is 15.0. The monoisotopic (exact) mass is 356 g/mol. The lowest BCUT2D eigenvalue weighted by atomic mass is 10.1. The number of hydrogen-bond acceptors (Lipinski definition) is 5. The number of carbonyl (C=O) groups excluding carboxylic acids is 1. The maximum Gasteiger partial charge on any atom is 0.331 e. The molecule has 0 fully saturated rings. The molecule has 5 nitrogen and oxygen atoms in total. The first-order chi connectivity index (χ1) is 12.2. The molecular weight excluding hydrogens is 320 g/mol. The van der Waals surface area contributed by atoms with Gasteiger partial charge in [0, 0.05) is 6.42 Å². The van der Waals surface area contributed by atoms with Crippen LogP contribution in [-0.2, 0) is 19.0 Å². The average molecular weight is 357 g/mol. The molecule has 1 unspecified atom stereocenters. The summed E-state index contributed by atoms with van der Waals surface area (Å²) >= 11 is 0. The van der Waals surface area contributed by atoms with Crippen LogP contribution < -0.4 is 0 Å². The third-order valence-electron chi connectivity index (χ3n) is 3.82. The van der Waals surface area contributed by atoms with Gasteiger partial charge < -0.3 is 19.3 Å². The number of methoxy groups -OCH3 is 1. The Balaban J connectivity index is 3.68. The van der Waals surface area contributed by atoms with Crippen molar-refractivity contribution in [2.45, 2.75) is 83.8 Å². The van der Waals surface area contributed by atoms with Gasteiger partial charge in [-0.05, 0) is 12.3 Å². The van der Waals surface area contributed by atoms with Gasteiger partial charge in [0.2, 0.25) is 6.29 Å². The topological polar surface area (TPSA) is 65.0 Å². The zero-order chi connectivity index (χ0) is 18.6. The highest BCUT2D eigenvalue weighted by Crippen LogP contribution is 2.11. The van der Waals surface area contributed by atoms with Crippen molar-refractivity contribution in [1.82, 2.24) is 0 Å². The Kier molecular flexibility index (Phi) is 18.4. The largest absolute Gasteiger partial charge is 0.467 e. The molecule has 0 radical (unpaired) electrons. The number of rotatable bonds is 16. The van der Waals surface area contributed by atoms with Gasteiger partial charge in [0.1, 0.15) is 6.61 Å². The second-order valence-electron chi connectivity index (χ2n) is 6.07. The zero-order valence-electron chi connectivity index (χ0n) is 16.1. The van der Waals surface area contributed by atoms with Crippen LogP contribution >= 0.6 is 0 Å². The van der Waals surface area contributed by atoms with Crippen LogP contribution in [0.1, 0.15) is 77.6 Å². The molecule has 0 aliphatic carbocycles. The van der Waals surface area contributed by atoms with Crippen molar-refractivity contribution in [3.8, 4) is 11.8 Å². The van der Waals surface area contributed by atoms with E-state index in [1.165, 1.54) is 64.9 Å².